The van der Waals surface area contributed by atoms with Crippen molar-refractivity contribution in [1.29, 1.82) is 0 Å². The molecule has 28 heavy (non-hydrogen) atoms. The standard InChI is InChI=1S/C23H16N2O3/c1-28-14-11-9-13(10-12-14)24-21-20-15-5-2-3-6-16(15)22(26)17-7-4-8-18(19(17)20)25-23(21)27/h2-12,19,24H,1H3. The summed E-state index contributed by atoms with van der Waals surface area (Å²) < 4.78 is 5.19. The average Bonchev–Trinajstić information content (AvgIpc) is 2.73. The zero-order chi connectivity index (χ0) is 19.3. The molecular formula is C23H16N2O3. The lowest BCUT2D eigenvalue weighted by Crippen LogP contribution is -2.35. The van der Waals surface area contributed by atoms with Crippen LogP contribution in [0.15, 0.2) is 83.0 Å². The molecule has 1 aliphatic heterocycles. The van der Waals surface area contributed by atoms with Crippen LogP contribution in [0.5, 0.6) is 5.75 Å². The quantitative estimate of drug-likeness (QED) is 0.895. The van der Waals surface area contributed by atoms with E-state index >= 15 is 0 Å². The number of benzene rings is 2. The van der Waals surface area contributed by atoms with Gasteiger partial charge in [-0.2, -0.15) is 0 Å². The monoisotopic (exact) mass is 368 g/mol. The predicted molar refractivity (Wildman–Crippen MR) is 107 cm³/mol. The lowest BCUT2D eigenvalue weighted by atomic mass is 9.70. The summed E-state index contributed by atoms with van der Waals surface area (Å²) in [6.07, 6.45) is 5.41. The molecule has 5 nitrogen and oxygen atoms in total. The third kappa shape index (κ3) is 2.36. The van der Waals surface area contributed by atoms with Gasteiger partial charge in [0.25, 0.3) is 5.91 Å². The smallest absolute Gasteiger partial charge is 0.294 e. The second-order valence-corrected chi connectivity index (χ2v) is 6.77. The summed E-state index contributed by atoms with van der Waals surface area (Å²) in [5.74, 6) is 0.0484. The van der Waals surface area contributed by atoms with E-state index in [1.165, 1.54) is 0 Å². The first kappa shape index (κ1) is 16.4. The number of nitrogens with one attached hydrogen (secondary N) is 1. The number of methoxy groups -OCH3 is 1. The van der Waals surface area contributed by atoms with Gasteiger partial charge in [-0.1, -0.05) is 36.4 Å². The van der Waals surface area contributed by atoms with Crippen LogP contribution < -0.4 is 10.1 Å². The highest BCUT2D eigenvalue weighted by atomic mass is 16.5. The van der Waals surface area contributed by atoms with Gasteiger partial charge in [0.05, 0.1) is 18.7 Å². The fourth-order valence-electron chi connectivity index (χ4n) is 3.95. The van der Waals surface area contributed by atoms with Crippen LogP contribution in [0, 0.1) is 5.92 Å². The van der Waals surface area contributed by atoms with Crippen molar-refractivity contribution in [2.75, 3.05) is 12.4 Å². The molecule has 136 valence electrons. The summed E-state index contributed by atoms with van der Waals surface area (Å²) >= 11 is 0. The average molecular weight is 368 g/mol. The van der Waals surface area contributed by atoms with Gasteiger partial charge in [0.15, 0.2) is 5.78 Å². The molecule has 2 aliphatic carbocycles. The van der Waals surface area contributed by atoms with Crippen molar-refractivity contribution in [3.8, 4) is 5.75 Å². The summed E-state index contributed by atoms with van der Waals surface area (Å²) in [6.45, 7) is 0. The predicted octanol–water partition coefficient (Wildman–Crippen LogP) is 3.81. The summed E-state index contributed by atoms with van der Waals surface area (Å²) in [4.78, 5) is 30.2. The minimum Gasteiger partial charge on any atom is -0.497 e. The number of rotatable bonds is 3. The molecule has 0 saturated carbocycles. The van der Waals surface area contributed by atoms with E-state index in [1.807, 2.05) is 48.5 Å². The van der Waals surface area contributed by atoms with Gasteiger partial charge in [0.2, 0.25) is 0 Å². The Kier molecular flexibility index (Phi) is 3.62. The van der Waals surface area contributed by atoms with E-state index in [1.54, 1.807) is 25.3 Å². The minimum absolute atomic E-state index is 0.0143. The third-order valence-corrected chi connectivity index (χ3v) is 5.24. The zero-order valence-electron chi connectivity index (χ0n) is 15.1. The highest BCUT2D eigenvalue weighted by molar-refractivity contribution is 6.30. The molecular weight excluding hydrogens is 352 g/mol. The van der Waals surface area contributed by atoms with Crippen LogP contribution in [0.3, 0.4) is 0 Å². The zero-order valence-corrected chi connectivity index (χ0v) is 15.1. The fraction of sp³-hybridized carbons (Fsp3) is 0.0870. The molecule has 0 spiro atoms. The number of nitrogens with zero attached hydrogens (tertiary/aromatic N) is 1. The summed E-state index contributed by atoms with van der Waals surface area (Å²) in [5, 5.41) is 3.23. The van der Waals surface area contributed by atoms with Crippen LogP contribution in [0.25, 0.3) is 5.57 Å². The molecule has 5 heteroatoms. The Bertz CT molecular complexity index is 1150. The lowest BCUT2D eigenvalue weighted by Gasteiger charge is -2.35. The van der Waals surface area contributed by atoms with E-state index in [-0.39, 0.29) is 17.6 Å². The Morgan fingerprint density at radius 1 is 1.00 bits per heavy atom. The molecule has 3 aliphatic rings. The number of carbonyl (C=O) groups is 2. The van der Waals surface area contributed by atoms with Crippen molar-refractivity contribution in [2.24, 2.45) is 10.9 Å². The topological polar surface area (TPSA) is 67.8 Å². The molecule has 0 saturated heterocycles. The second-order valence-electron chi connectivity index (χ2n) is 6.77. The molecule has 1 N–H and O–H groups in total. The highest BCUT2D eigenvalue weighted by Crippen LogP contribution is 2.45. The van der Waals surface area contributed by atoms with Crippen LogP contribution >= 0.6 is 0 Å². The van der Waals surface area contributed by atoms with E-state index in [4.69, 9.17) is 4.74 Å². The van der Waals surface area contributed by atoms with Gasteiger partial charge in [-0.05, 0) is 35.9 Å². The van der Waals surface area contributed by atoms with Gasteiger partial charge in [0, 0.05) is 22.4 Å². The molecule has 5 rings (SSSR count). The maximum Gasteiger partial charge on any atom is 0.294 e. The number of ketones is 1. The van der Waals surface area contributed by atoms with Gasteiger partial charge in [0.1, 0.15) is 11.4 Å². The summed E-state index contributed by atoms with van der Waals surface area (Å²) in [6, 6.07) is 14.8. The van der Waals surface area contributed by atoms with Crippen molar-refractivity contribution < 1.29 is 14.3 Å². The number of Topliss-reactive ketones (excluding diaryl/α,β-unsaturated/α-hetero) is 1. The molecule has 1 amide bonds. The Morgan fingerprint density at radius 2 is 1.75 bits per heavy atom. The van der Waals surface area contributed by atoms with E-state index in [9.17, 15) is 9.59 Å². The van der Waals surface area contributed by atoms with Crippen LogP contribution in [-0.2, 0) is 4.79 Å². The van der Waals surface area contributed by atoms with E-state index in [2.05, 4.69) is 10.3 Å². The molecule has 1 atom stereocenters. The molecule has 2 aromatic rings. The maximum atomic E-state index is 13.0. The molecule has 0 aromatic heterocycles. The van der Waals surface area contributed by atoms with E-state index in [0.29, 0.717) is 22.5 Å². The number of dihydropyridines is 1. The van der Waals surface area contributed by atoms with Crippen molar-refractivity contribution in [3.05, 3.63) is 89.2 Å². The number of amides is 1. The Labute approximate surface area is 161 Å². The Balaban J connectivity index is 1.71. The van der Waals surface area contributed by atoms with Gasteiger partial charge in [-0.3, -0.25) is 9.59 Å². The molecule has 1 unspecified atom stereocenters. The summed E-state index contributed by atoms with van der Waals surface area (Å²) in [7, 11) is 1.61. The largest absolute Gasteiger partial charge is 0.497 e. The lowest BCUT2D eigenvalue weighted by molar-refractivity contribution is -0.114. The number of ether oxygens (including phenoxy) is 1. The van der Waals surface area contributed by atoms with Gasteiger partial charge < -0.3 is 10.1 Å². The van der Waals surface area contributed by atoms with Gasteiger partial charge in [-0.25, -0.2) is 4.99 Å². The van der Waals surface area contributed by atoms with Crippen molar-refractivity contribution in [1.82, 2.24) is 0 Å². The summed E-state index contributed by atoms with van der Waals surface area (Å²) in [5.41, 5.74) is 4.61. The number of allylic oxidation sites excluding steroid dienone is 5. The number of hydrogen-bond acceptors (Lipinski definition) is 4. The van der Waals surface area contributed by atoms with E-state index in [0.717, 1.165) is 22.6 Å². The minimum atomic E-state index is -0.341. The van der Waals surface area contributed by atoms with Crippen molar-refractivity contribution >= 4 is 28.7 Å². The Morgan fingerprint density at radius 3 is 2.50 bits per heavy atom. The first-order valence-electron chi connectivity index (χ1n) is 8.98. The molecule has 0 fully saturated rings. The maximum absolute atomic E-state index is 13.0. The Hall–Kier alpha value is -3.73. The number of anilines is 1. The highest BCUT2D eigenvalue weighted by Gasteiger charge is 2.42. The molecule has 1 heterocycles. The van der Waals surface area contributed by atoms with Crippen LogP contribution in [0.1, 0.15) is 15.9 Å². The number of hydrogen-bond donors (Lipinski definition) is 1. The van der Waals surface area contributed by atoms with E-state index < -0.39 is 0 Å². The van der Waals surface area contributed by atoms with Gasteiger partial charge >= 0.3 is 0 Å². The van der Waals surface area contributed by atoms with Gasteiger partial charge in [-0.15, -0.1) is 0 Å². The van der Waals surface area contributed by atoms with Crippen molar-refractivity contribution in [2.45, 2.75) is 0 Å². The molecule has 0 bridgehead atoms. The second kappa shape index (κ2) is 6.16. The van der Waals surface area contributed by atoms with Crippen LogP contribution in [0.4, 0.5) is 5.69 Å². The molecule has 2 aromatic carbocycles. The van der Waals surface area contributed by atoms with Crippen LogP contribution in [-0.4, -0.2) is 24.5 Å². The number of fused-ring (bicyclic) bond motifs is 2. The van der Waals surface area contributed by atoms with Crippen molar-refractivity contribution in [3.63, 3.8) is 0 Å². The fourth-order valence-corrected chi connectivity index (χ4v) is 3.95. The normalized spacial score (nSPS) is 19.5. The third-order valence-electron chi connectivity index (χ3n) is 5.24. The van der Waals surface area contributed by atoms with Crippen LogP contribution in [0.2, 0.25) is 0 Å². The first-order chi connectivity index (χ1) is 13.7. The number of carbonyl (C=O) groups excluding carboxylic acids is 2. The first-order valence-corrected chi connectivity index (χ1v) is 8.98. The number of aliphatic imine (C=N–C) groups is 1. The SMILES string of the molecule is COc1ccc(NC2=C3c4ccccc4C(=O)C4=CC=CC(=NC2=O)C43)cc1. The molecule has 0 radical (unpaired) electrons.